The first-order valence-corrected chi connectivity index (χ1v) is 6.75. The molecule has 0 bridgehead atoms. The van der Waals surface area contributed by atoms with E-state index in [2.05, 4.69) is 5.32 Å². The van der Waals surface area contributed by atoms with Crippen LogP contribution in [0.4, 0.5) is 0 Å². The molecule has 2 N–H and O–H groups in total. The van der Waals surface area contributed by atoms with E-state index in [0.717, 1.165) is 32.2 Å². The molecule has 2 unspecified atom stereocenters. The minimum atomic E-state index is -0.687. The van der Waals surface area contributed by atoms with Gasteiger partial charge in [0.15, 0.2) is 0 Å². The standard InChI is InChI=1S/C13H23NO4/c1-2-18-12(15)7-4-8-14-11-6-3-5-10(9-11)13(16)17/h10-11,14H,2-9H2,1H3,(H,16,17). The Morgan fingerprint density at radius 1 is 1.39 bits per heavy atom. The molecule has 1 aliphatic carbocycles. The molecule has 1 rings (SSSR count). The van der Waals surface area contributed by atoms with Gasteiger partial charge in [0, 0.05) is 12.5 Å². The summed E-state index contributed by atoms with van der Waals surface area (Å²) in [5.41, 5.74) is 0. The van der Waals surface area contributed by atoms with Gasteiger partial charge >= 0.3 is 11.9 Å². The Kier molecular flexibility index (Phi) is 6.72. The van der Waals surface area contributed by atoms with Crippen molar-refractivity contribution < 1.29 is 19.4 Å². The van der Waals surface area contributed by atoms with E-state index < -0.39 is 5.97 Å². The fourth-order valence-corrected chi connectivity index (χ4v) is 2.37. The Morgan fingerprint density at radius 3 is 2.83 bits per heavy atom. The predicted molar refractivity (Wildman–Crippen MR) is 67.3 cm³/mol. The van der Waals surface area contributed by atoms with Gasteiger partial charge in [0.05, 0.1) is 12.5 Å². The highest BCUT2D eigenvalue weighted by Gasteiger charge is 2.26. The predicted octanol–water partition coefficient (Wildman–Crippen LogP) is 1.56. The molecule has 0 radical (unpaired) electrons. The molecule has 2 atom stereocenters. The van der Waals surface area contributed by atoms with E-state index in [1.807, 2.05) is 0 Å². The van der Waals surface area contributed by atoms with Gasteiger partial charge in [0.25, 0.3) is 0 Å². The minimum absolute atomic E-state index is 0.161. The molecule has 104 valence electrons. The van der Waals surface area contributed by atoms with E-state index in [1.54, 1.807) is 6.92 Å². The lowest BCUT2D eigenvalue weighted by Crippen LogP contribution is -2.37. The number of esters is 1. The third kappa shape index (κ3) is 5.49. The average Bonchev–Trinajstić information content (AvgIpc) is 2.35. The number of carbonyl (C=O) groups excluding carboxylic acids is 1. The first-order chi connectivity index (χ1) is 8.63. The van der Waals surface area contributed by atoms with Gasteiger partial charge < -0.3 is 15.2 Å². The van der Waals surface area contributed by atoms with Crippen molar-refractivity contribution in [3.8, 4) is 0 Å². The van der Waals surface area contributed by atoms with Gasteiger partial charge in [-0.3, -0.25) is 9.59 Å². The second-order valence-corrected chi connectivity index (χ2v) is 4.76. The second-order valence-electron chi connectivity index (χ2n) is 4.76. The molecule has 18 heavy (non-hydrogen) atoms. The van der Waals surface area contributed by atoms with Crippen molar-refractivity contribution in [1.82, 2.24) is 5.32 Å². The van der Waals surface area contributed by atoms with Crippen LogP contribution < -0.4 is 5.32 Å². The lowest BCUT2D eigenvalue weighted by molar-refractivity contribution is -0.143. The number of carboxylic acids is 1. The van der Waals surface area contributed by atoms with Gasteiger partial charge in [-0.2, -0.15) is 0 Å². The normalized spacial score (nSPS) is 23.6. The van der Waals surface area contributed by atoms with E-state index in [-0.39, 0.29) is 17.9 Å². The molecule has 1 saturated carbocycles. The molecule has 1 fully saturated rings. The van der Waals surface area contributed by atoms with Gasteiger partial charge in [-0.05, 0) is 39.2 Å². The highest BCUT2D eigenvalue weighted by atomic mass is 16.5. The van der Waals surface area contributed by atoms with Crippen LogP contribution in [0.3, 0.4) is 0 Å². The molecule has 0 amide bonds. The fourth-order valence-electron chi connectivity index (χ4n) is 2.37. The van der Waals surface area contributed by atoms with Crippen molar-refractivity contribution >= 4 is 11.9 Å². The van der Waals surface area contributed by atoms with E-state index >= 15 is 0 Å². The van der Waals surface area contributed by atoms with Crippen LogP contribution in [0.15, 0.2) is 0 Å². The molecule has 1 aliphatic rings. The summed E-state index contributed by atoms with van der Waals surface area (Å²) in [5, 5.41) is 12.3. The topological polar surface area (TPSA) is 75.6 Å². The van der Waals surface area contributed by atoms with Crippen molar-refractivity contribution in [3.05, 3.63) is 0 Å². The Labute approximate surface area is 108 Å². The number of carbonyl (C=O) groups is 2. The van der Waals surface area contributed by atoms with Crippen LogP contribution in [0.1, 0.15) is 45.4 Å². The van der Waals surface area contributed by atoms with Crippen LogP contribution in [0.2, 0.25) is 0 Å². The van der Waals surface area contributed by atoms with E-state index in [4.69, 9.17) is 9.84 Å². The Hall–Kier alpha value is -1.10. The van der Waals surface area contributed by atoms with Crippen molar-refractivity contribution in [2.24, 2.45) is 5.92 Å². The van der Waals surface area contributed by atoms with Crippen LogP contribution in [0.5, 0.6) is 0 Å². The molecular formula is C13H23NO4. The van der Waals surface area contributed by atoms with Crippen LogP contribution in [-0.2, 0) is 14.3 Å². The molecule has 0 spiro atoms. The number of ether oxygens (including phenoxy) is 1. The van der Waals surface area contributed by atoms with E-state index in [9.17, 15) is 9.59 Å². The van der Waals surface area contributed by atoms with E-state index in [0.29, 0.717) is 19.4 Å². The maximum Gasteiger partial charge on any atom is 0.306 e. The molecule has 0 aliphatic heterocycles. The average molecular weight is 257 g/mol. The Balaban J connectivity index is 2.11. The van der Waals surface area contributed by atoms with Crippen LogP contribution in [-0.4, -0.2) is 36.2 Å². The fraction of sp³-hybridized carbons (Fsp3) is 0.846. The zero-order valence-corrected chi connectivity index (χ0v) is 11.0. The third-order valence-electron chi connectivity index (χ3n) is 3.32. The lowest BCUT2D eigenvalue weighted by Gasteiger charge is -2.27. The summed E-state index contributed by atoms with van der Waals surface area (Å²) in [4.78, 5) is 22.0. The molecule has 5 nitrogen and oxygen atoms in total. The smallest absolute Gasteiger partial charge is 0.306 e. The number of hydrogen-bond donors (Lipinski definition) is 2. The minimum Gasteiger partial charge on any atom is -0.481 e. The Bertz CT molecular complexity index is 280. The molecule has 0 heterocycles. The maximum absolute atomic E-state index is 11.1. The molecule has 0 saturated heterocycles. The number of rotatable bonds is 7. The summed E-state index contributed by atoms with van der Waals surface area (Å²) in [6.07, 6.45) is 4.66. The summed E-state index contributed by atoms with van der Waals surface area (Å²) >= 11 is 0. The quantitative estimate of drug-likeness (QED) is 0.535. The van der Waals surface area contributed by atoms with Crippen molar-refractivity contribution in [3.63, 3.8) is 0 Å². The molecule has 0 aromatic heterocycles. The van der Waals surface area contributed by atoms with Crippen LogP contribution in [0.25, 0.3) is 0 Å². The highest BCUT2D eigenvalue weighted by Crippen LogP contribution is 2.24. The van der Waals surface area contributed by atoms with Crippen LogP contribution >= 0.6 is 0 Å². The summed E-state index contributed by atoms with van der Waals surface area (Å²) in [7, 11) is 0. The number of aliphatic carboxylic acids is 1. The third-order valence-corrected chi connectivity index (χ3v) is 3.32. The zero-order valence-electron chi connectivity index (χ0n) is 11.0. The van der Waals surface area contributed by atoms with Crippen molar-refractivity contribution in [1.29, 1.82) is 0 Å². The number of nitrogens with one attached hydrogen (secondary N) is 1. The highest BCUT2D eigenvalue weighted by molar-refractivity contribution is 5.70. The largest absolute Gasteiger partial charge is 0.481 e. The van der Waals surface area contributed by atoms with Gasteiger partial charge in [-0.25, -0.2) is 0 Å². The summed E-state index contributed by atoms with van der Waals surface area (Å²) in [6, 6.07) is 0.280. The summed E-state index contributed by atoms with van der Waals surface area (Å²) in [5.74, 6) is -1.05. The van der Waals surface area contributed by atoms with Gasteiger partial charge in [0.2, 0.25) is 0 Å². The number of carboxylic acid groups (broad SMARTS) is 1. The monoisotopic (exact) mass is 257 g/mol. The number of hydrogen-bond acceptors (Lipinski definition) is 4. The zero-order chi connectivity index (χ0) is 13.4. The van der Waals surface area contributed by atoms with Gasteiger partial charge in [-0.1, -0.05) is 6.42 Å². The molecular weight excluding hydrogens is 234 g/mol. The summed E-state index contributed by atoms with van der Waals surface area (Å²) in [6.45, 7) is 2.97. The van der Waals surface area contributed by atoms with Crippen LogP contribution in [0, 0.1) is 5.92 Å². The van der Waals surface area contributed by atoms with Crippen molar-refractivity contribution in [2.75, 3.05) is 13.2 Å². The first-order valence-electron chi connectivity index (χ1n) is 6.75. The molecule has 0 aromatic rings. The van der Waals surface area contributed by atoms with Gasteiger partial charge in [-0.15, -0.1) is 0 Å². The van der Waals surface area contributed by atoms with Crippen molar-refractivity contribution in [2.45, 2.75) is 51.5 Å². The Morgan fingerprint density at radius 2 is 2.17 bits per heavy atom. The first kappa shape index (κ1) is 15.0. The summed E-state index contributed by atoms with van der Waals surface area (Å²) < 4.78 is 4.84. The van der Waals surface area contributed by atoms with Gasteiger partial charge in [0.1, 0.15) is 0 Å². The SMILES string of the molecule is CCOC(=O)CCCNC1CCCC(C(=O)O)C1. The maximum atomic E-state index is 11.1. The lowest BCUT2D eigenvalue weighted by atomic mass is 9.86. The van der Waals surface area contributed by atoms with E-state index in [1.165, 1.54) is 0 Å². The second kappa shape index (κ2) is 8.08. The molecule has 0 aromatic carbocycles. The molecule has 5 heteroatoms.